The Hall–Kier alpha value is -2.27. The summed E-state index contributed by atoms with van der Waals surface area (Å²) in [7, 11) is 0. The standard InChI is InChI=1S/C15H14FNO3/c1-9(17)10-2-4-13(12(16)6-10)20-11-3-5-14-15(7-11)19-8-18-14/h2-7,9H,8,17H2,1H3/t9-/m0/s1. The monoisotopic (exact) mass is 275 g/mol. The maximum atomic E-state index is 13.9. The van der Waals surface area contributed by atoms with E-state index in [-0.39, 0.29) is 18.6 Å². The highest BCUT2D eigenvalue weighted by Crippen LogP contribution is 2.37. The summed E-state index contributed by atoms with van der Waals surface area (Å²) in [6.45, 7) is 1.99. The molecule has 104 valence electrons. The summed E-state index contributed by atoms with van der Waals surface area (Å²) >= 11 is 0. The first kappa shape index (κ1) is 12.7. The van der Waals surface area contributed by atoms with Crippen molar-refractivity contribution in [2.45, 2.75) is 13.0 Å². The van der Waals surface area contributed by atoms with Gasteiger partial charge in [0, 0.05) is 12.1 Å². The molecule has 2 aromatic carbocycles. The molecule has 1 aliphatic heterocycles. The lowest BCUT2D eigenvalue weighted by molar-refractivity contribution is 0.174. The van der Waals surface area contributed by atoms with Crippen LogP contribution in [0.2, 0.25) is 0 Å². The van der Waals surface area contributed by atoms with Crippen molar-refractivity contribution in [1.82, 2.24) is 0 Å². The first-order chi connectivity index (χ1) is 9.63. The largest absolute Gasteiger partial charge is 0.454 e. The first-order valence-electron chi connectivity index (χ1n) is 6.26. The number of halogens is 1. The molecule has 0 unspecified atom stereocenters. The highest BCUT2D eigenvalue weighted by Gasteiger charge is 2.15. The number of fused-ring (bicyclic) bond motifs is 1. The molecule has 0 fully saturated rings. The summed E-state index contributed by atoms with van der Waals surface area (Å²) in [4.78, 5) is 0. The summed E-state index contributed by atoms with van der Waals surface area (Å²) in [6.07, 6.45) is 0. The average Bonchev–Trinajstić information content (AvgIpc) is 2.88. The molecule has 0 aromatic heterocycles. The topological polar surface area (TPSA) is 53.7 Å². The summed E-state index contributed by atoms with van der Waals surface area (Å²) < 4.78 is 29.9. The van der Waals surface area contributed by atoms with E-state index in [1.807, 2.05) is 0 Å². The van der Waals surface area contributed by atoms with Gasteiger partial charge in [-0.05, 0) is 36.8 Å². The van der Waals surface area contributed by atoms with E-state index in [9.17, 15) is 4.39 Å². The second-order valence-electron chi connectivity index (χ2n) is 4.60. The Morgan fingerprint density at radius 3 is 2.70 bits per heavy atom. The van der Waals surface area contributed by atoms with Crippen molar-refractivity contribution >= 4 is 0 Å². The molecule has 4 nitrogen and oxygen atoms in total. The normalized spacial score (nSPS) is 14.2. The van der Waals surface area contributed by atoms with Crippen LogP contribution in [0, 0.1) is 5.82 Å². The van der Waals surface area contributed by atoms with E-state index in [0.29, 0.717) is 17.2 Å². The van der Waals surface area contributed by atoms with Crippen LogP contribution in [0.5, 0.6) is 23.0 Å². The molecular weight excluding hydrogens is 261 g/mol. The van der Waals surface area contributed by atoms with Gasteiger partial charge in [-0.1, -0.05) is 6.07 Å². The number of hydrogen-bond acceptors (Lipinski definition) is 4. The van der Waals surface area contributed by atoms with Crippen LogP contribution in [0.3, 0.4) is 0 Å². The van der Waals surface area contributed by atoms with Crippen LogP contribution in [0.1, 0.15) is 18.5 Å². The average molecular weight is 275 g/mol. The van der Waals surface area contributed by atoms with Crippen molar-refractivity contribution in [3.8, 4) is 23.0 Å². The molecule has 0 bridgehead atoms. The minimum absolute atomic E-state index is 0.147. The van der Waals surface area contributed by atoms with Crippen molar-refractivity contribution < 1.29 is 18.6 Å². The number of nitrogens with two attached hydrogens (primary N) is 1. The predicted octanol–water partition coefficient (Wildman–Crippen LogP) is 3.37. The highest BCUT2D eigenvalue weighted by molar-refractivity contribution is 5.48. The minimum atomic E-state index is -0.447. The molecular formula is C15H14FNO3. The van der Waals surface area contributed by atoms with Gasteiger partial charge in [-0.2, -0.15) is 0 Å². The second-order valence-corrected chi connectivity index (χ2v) is 4.60. The third kappa shape index (κ3) is 2.40. The summed E-state index contributed by atoms with van der Waals surface area (Å²) in [5.74, 6) is 1.44. The van der Waals surface area contributed by atoms with Gasteiger partial charge >= 0.3 is 0 Å². The molecule has 0 aliphatic carbocycles. The lowest BCUT2D eigenvalue weighted by atomic mass is 10.1. The molecule has 0 saturated carbocycles. The Kier molecular flexibility index (Phi) is 3.20. The van der Waals surface area contributed by atoms with Crippen LogP contribution < -0.4 is 19.9 Å². The van der Waals surface area contributed by atoms with Crippen molar-refractivity contribution in [3.63, 3.8) is 0 Å². The van der Waals surface area contributed by atoms with E-state index in [1.54, 1.807) is 37.3 Å². The maximum absolute atomic E-state index is 13.9. The molecule has 5 heteroatoms. The zero-order valence-electron chi connectivity index (χ0n) is 10.9. The Morgan fingerprint density at radius 2 is 1.95 bits per heavy atom. The zero-order valence-corrected chi connectivity index (χ0v) is 10.9. The molecule has 2 N–H and O–H groups in total. The van der Waals surface area contributed by atoms with E-state index >= 15 is 0 Å². The highest BCUT2D eigenvalue weighted by atomic mass is 19.1. The summed E-state index contributed by atoms with van der Waals surface area (Å²) in [6, 6.07) is 9.57. The van der Waals surface area contributed by atoms with Crippen LogP contribution in [0.15, 0.2) is 36.4 Å². The van der Waals surface area contributed by atoms with Crippen molar-refractivity contribution in [3.05, 3.63) is 47.8 Å². The van der Waals surface area contributed by atoms with Gasteiger partial charge in [0.1, 0.15) is 5.75 Å². The number of hydrogen-bond donors (Lipinski definition) is 1. The third-order valence-corrected chi connectivity index (χ3v) is 3.05. The third-order valence-electron chi connectivity index (χ3n) is 3.05. The van der Waals surface area contributed by atoms with E-state index in [4.69, 9.17) is 19.9 Å². The summed E-state index contributed by atoms with van der Waals surface area (Å²) in [5.41, 5.74) is 6.43. The Bertz CT molecular complexity index is 643. The second kappa shape index (κ2) is 5.02. The molecule has 0 radical (unpaired) electrons. The van der Waals surface area contributed by atoms with Crippen LogP contribution >= 0.6 is 0 Å². The minimum Gasteiger partial charge on any atom is -0.454 e. The van der Waals surface area contributed by atoms with Crippen molar-refractivity contribution in [1.29, 1.82) is 0 Å². The van der Waals surface area contributed by atoms with E-state index in [0.717, 1.165) is 5.56 Å². The van der Waals surface area contributed by atoms with Gasteiger partial charge in [0.05, 0.1) is 0 Å². The molecule has 3 rings (SSSR count). The smallest absolute Gasteiger partial charge is 0.231 e. The first-order valence-corrected chi connectivity index (χ1v) is 6.26. The Labute approximate surface area is 115 Å². The lowest BCUT2D eigenvalue weighted by Gasteiger charge is -2.10. The molecule has 1 heterocycles. The molecule has 0 spiro atoms. The van der Waals surface area contributed by atoms with Gasteiger partial charge in [-0.15, -0.1) is 0 Å². The summed E-state index contributed by atoms with van der Waals surface area (Å²) in [5, 5.41) is 0. The van der Waals surface area contributed by atoms with Crippen LogP contribution in [-0.2, 0) is 0 Å². The van der Waals surface area contributed by atoms with Crippen molar-refractivity contribution in [2.24, 2.45) is 5.73 Å². The predicted molar refractivity (Wildman–Crippen MR) is 71.6 cm³/mol. The maximum Gasteiger partial charge on any atom is 0.231 e. The van der Waals surface area contributed by atoms with Gasteiger partial charge in [0.25, 0.3) is 0 Å². The van der Waals surface area contributed by atoms with Gasteiger partial charge in [0.2, 0.25) is 6.79 Å². The molecule has 2 aromatic rings. The molecule has 20 heavy (non-hydrogen) atoms. The van der Waals surface area contributed by atoms with E-state index in [2.05, 4.69) is 0 Å². The van der Waals surface area contributed by atoms with Gasteiger partial charge in [-0.25, -0.2) is 4.39 Å². The van der Waals surface area contributed by atoms with E-state index < -0.39 is 5.82 Å². The molecule has 0 amide bonds. The molecule has 0 saturated heterocycles. The number of ether oxygens (including phenoxy) is 3. The number of rotatable bonds is 3. The fourth-order valence-electron chi connectivity index (χ4n) is 1.95. The van der Waals surface area contributed by atoms with Crippen LogP contribution in [0.4, 0.5) is 4.39 Å². The van der Waals surface area contributed by atoms with Gasteiger partial charge < -0.3 is 19.9 Å². The SMILES string of the molecule is C[C@H](N)c1ccc(Oc2ccc3c(c2)OCO3)c(F)c1. The molecule has 1 atom stereocenters. The van der Waals surface area contributed by atoms with Gasteiger partial charge in [-0.3, -0.25) is 0 Å². The van der Waals surface area contributed by atoms with Gasteiger partial charge in [0.15, 0.2) is 23.1 Å². The quantitative estimate of drug-likeness (QED) is 0.933. The zero-order chi connectivity index (χ0) is 14.1. The van der Waals surface area contributed by atoms with Crippen molar-refractivity contribution in [2.75, 3.05) is 6.79 Å². The van der Waals surface area contributed by atoms with Crippen LogP contribution in [0.25, 0.3) is 0 Å². The Balaban J connectivity index is 1.84. The Morgan fingerprint density at radius 1 is 1.15 bits per heavy atom. The lowest BCUT2D eigenvalue weighted by Crippen LogP contribution is -2.05. The van der Waals surface area contributed by atoms with Crippen LogP contribution in [-0.4, -0.2) is 6.79 Å². The van der Waals surface area contributed by atoms with E-state index in [1.165, 1.54) is 6.07 Å². The molecule has 1 aliphatic rings. The fraction of sp³-hybridized carbons (Fsp3) is 0.200. The number of benzene rings is 2. The fourth-order valence-corrected chi connectivity index (χ4v) is 1.95.